The van der Waals surface area contributed by atoms with E-state index >= 15 is 0 Å². The fourth-order valence-corrected chi connectivity index (χ4v) is 9.01. The Hall–Kier alpha value is -6.46. The molecule has 5 aliphatic carbocycles. The Morgan fingerprint density at radius 3 is 1.56 bits per heavy atom. The SMILES string of the molecule is C#CC#CC#CC#CC#CC#CC#CC#CC#CC#CC#CC#CC#C.C[C@H](CCC1(O)CC1)[C@H]1CC[C@H]2[C@@H]3CC=C4C[C@@H](O)CC[C@@H]4[C@H]3CC[C@]12C.O=O.[HH].[HH].[HH].[HH].[HH].[HH].[HH].[HH].[HH].[HH].[HH].[HH].[HH].[HH].[HH].[HH].[HH].[HH].[HH].[HH]. The molecule has 0 saturated heterocycles. The first kappa shape index (κ1) is 42.9. The Labute approximate surface area is 358 Å². The van der Waals surface area contributed by atoms with Gasteiger partial charge in [0.15, 0.2) is 0 Å². The summed E-state index contributed by atoms with van der Waals surface area (Å²) in [5.41, 5.74) is 1.87. The molecule has 0 unspecified atom stereocenters. The van der Waals surface area contributed by atoms with Crippen molar-refractivity contribution >= 4 is 0 Å². The van der Waals surface area contributed by atoms with Gasteiger partial charge in [-0.15, -0.1) is 12.8 Å². The second-order valence-electron chi connectivity index (χ2n) is 14.5. The van der Waals surface area contributed by atoms with E-state index in [0.29, 0.717) is 5.41 Å². The normalized spacial score (nSPS) is 25.8. The molecule has 4 heteroatoms. The van der Waals surface area contributed by atoms with Gasteiger partial charge in [0.2, 0.25) is 0 Å². The molecule has 5 aliphatic rings. The molecular weight excluding hydrogens is 677 g/mol. The molecule has 0 aromatic heterocycles. The van der Waals surface area contributed by atoms with Gasteiger partial charge in [-0.2, -0.15) is 0 Å². The molecule has 4 fully saturated rings. The van der Waals surface area contributed by atoms with E-state index in [1.54, 1.807) is 5.57 Å². The van der Waals surface area contributed by atoms with Crippen LogP contribution in [0.25, 0.3) is 0 Å². The number of terminal acetylenes is 2. The second kappa shape index (κ2) is 23.3. The molecule has 0 amide bonds. The van der Waals surface area contributed by atoms with E-state index in [9.17, 15) is 10.2 Å². The largest absolute Gasteiger partial charge is 0.393 e. The Morgan fingerprint density at radius 1 is 0.673 bits per heavy atom. The van der Waals surface area contributed by atoms with E-state index in [2.05, 4.69) is 162 Å². The van der Waals surface area contributed by atoms with Gasteiger partial charge in [0.1, 0.15) is 0 Å². The van der Waals surface area contributed by atoms with Crippen molar-refractivity contribution in [1.82, 2.24) is 0 Å². The van der Waals surface area contributed by atoms with Crippen molar-refractivity contribution in [2.24, 2.45) is 40.9 Å². The molecule has 0 bridgehead atoms. The monoisotopic (exact) mass is 759 g/mol. The van der Waals surface area contributed by atoms with Crippen LogP contribution < -0.4 is 0 Å². The minimum atomic E-state index is -0.277. The van der Waals surface area contributed by atoms with Crippen molar-refractivity contribution in [3.05, 3.63) is 21.6 Å². The molecule has 0 spiro atoms. The Bertz CT molecular complexity index is 2220. The van der Waals surface area contributed by atoms with Crippen LogP contribution in [0.4, 0.5) is 0 Å². The summed E-state index contributed by atoms with van der Waals surface area (Å²) in [6.45, 7) is 5.12. The molecule has 4 saturated carbocycles. The lowest BCUT2D eigenvalue weighted by Gasteiger charge is -2.54. The molecule has 0 aliphatic heterocycles. The Balaban J connectivity index is -0.0000000417. The number of hydrogen-bond donors (Lipinski definition) is 2. The maximum Gasteiger partial charge on any atom is 0.0650 e. The van der Waals surface area contributed by atoms with Crippen LogP contribution in [0.5, 0.6) is 0 Å². The standard InChI is InChI=1S/C26H2.C25H40O2.O2.20H2/c1-3-5-7-9-11-13-15-17-19-21-23-25-26-24-22-20-18-16-14-12-10-8-6-4-2;1-16(9-12-25(27)13-14-25)22-7-8-23-21-5-3-17-15-18(26)4-6-19(17)20(21)10-11-24(22,23)2;1-2;;;;;;;;;;;;;;;;;;;;/h1-2H;3,16,18-23,26-27H,4-15H2,1-2H3;;20*1H/t;16-,18+,19+,20-,21-,22-,23+,24-;;;;;;;;;;;;;;;;;;;;;/m.1...................../s1. The van der Waals surface area contributed by atoms with Gasteiger partial charge >= 0.3 is 0 Å². The van der Waals surface area contributed by atoms with Crippen LogP contribution in [0.15, 0.2) is 11.6 Å². The van der Waals surface area contributed by atoms with E-state index in [1.807, 2.05) is 0 Å². The summed E-state index contributed by atoms with van der Waals surface area (Å²) in [6, 6.07) is 0. The van der Waals surface area contributed by atoms with Crippen LogP contribution >= 0.6 is 0 Å². The summed E-state index contributed by atoms with van der Waals surface area (Å²) in [5.74, 6) is 63.3. The number of aliphatic hydroxyl groups is 2. The maximum absolute atomic E-state index is 10.3. The zero-order valence-electron chi connectivity index (χ0n) is 31.5. The summed E-state index contributed by atoms with van der Waals surface area (Å²) >= 11 is 0. The number of aliphatic hydroxyl groups excluding tert-OH is 1. The minimum absolute atomic E-state index is 0. The summed E-state index contributed by atoms with van der Waals surface area (Å²) < 4.78 is 0. The van der Waals surface area contributed by atoms with Gasteiger partial charge in [0.05, 0.1) is 11.7 Å². The van der Waals surface area contributed by atoms with E-state index in [0.717, 1.165) is 67.6 Å². The lowest BCUT2D eigenvalue weighted by atomic mass is 9.51. The van der Waals surface area contributed by atoms with Gasteiger partial charge in [-0.25, -0.2) is 0 Å². The lowest BCUT2D eigenvalue weighted by Crippen LogP contribution is -2.47. The molecule has 2 N–H and O–H groups in total. The van der Waals surface area contributed by atoms with Crippen LogP contribution in [0, 0.1) is 206 Å². The Kier molecular flexibility index (Phi) is 18.2. The van der Waals surface area contributed by atoms with Gasteiger partial charge in [-0.3, -0.25) is 0 Å². The first-order valence-corrected chi connectivity index (χ1v) is 18.5. The summed E-state index contributed by atoms with van der Waals surface area (Å²) in [4.78, 5) is 14.0. The van der Waals surface area contributed by atoms with Crippen molar-refractivity contribution in [2.45, 2.75) is 103 Å². The quantitative estimate of drug-likeness (QED) is 0.221. The van der Waals surface area contributed by atoms with E-state index in [1.165, 1.54) is 44.9 Å². The van der Waals surface area contributed by atoms with Crippen LogP contribution in [0.1, 0.15) is 119 Å². The van der Waals surface area contributed by atoms with Crippen LogP contribution in [0.2, 0.25) is 0 Å². The third-order valence-corrected chi connectivity index (χ3v) is 11.5. The molecule has 5 rings (SSSR count). The average molecular weight is 759 g/mol. The lowest BCUT2D eigenvalue weighted by molar-refractivity contribution is -0.0306. The fraction of sp³-hybridized carbons (Fsp3) is 0.451. The van der Waals surface area contributed by atoms with Gasteiger partial charge < -0.3 is 10.2 Å². The molecule has 0 radical (unpaired) electrons. The smallest absolute Gasteiger partial charge is 0.0650 e. The summed E-state index contributed by atoms with van der Waals surface area (Å²) in [5, 5.41) is 20.4. The van der Waals surface area contributed by atoms with Crippen LogP contribution in [-0.4, -0.2) is 21.9 Å². The Morgan fingerprint density at radius 2 is 1.13 bits per heavy atom. The van der Waals surface area contributed by atoms with Gasteiger partial charge in [0, 0.05) is 85.8 Å². The van der Waals surface area contributed by atoms with Crippen molar-refractivity contribution in [3.8, 4) is 155 Å². The minimum Gasteiger partial charge on any atom is -0.393 e. The molecule has 4 nitrogen and oxygen atoms in total. The number of allylic oxidation sites excluding steroid dienone is 1. The first-order chi connectivity index (χ1) is 26.8. The zero-order chi connectivity index (χ0) is 39.8. The summed E-state index contributed by atoms with van der Waals surface area (Å²) in [6.07, 6.45) is 26.8. The highest BCUT2D eigenvalue weighted by Gasteiger charge is 2.56. The maximum atomic E-state index is 10.3. The number of hydrogen-bond acceptors (Lipinski definition) is 4. The van der Waals surface area contributed by atoms with Crippen LogP contribution in [-0.2, 0) is 0 Å². The zero-order valence-corrected chi connectivity index (χ0v) is 31.5. The van der Waals surface area contributed by atoms with E-state index in [4.69, 9.17) is 22.8 Å². The molecule has 310 valence electrons. The third-order valence-electron chi connectivity index (χ3n) is 11.5. The molecule has 0 heterocycles. The predicted octanol–water partition coefficient (Wildman–Crippen LogP) is 10.8. The van der Waals surface area contributed by atoms with E-state index in [-0.39, 0.29) is 40.2 Å². The molecule has 55 heavy (non-hydrogen) atoms. The van der Waals surface area contributed by atoms with Crippen molar-refractivity contribution in [1.29, 1.82) is 0 Å². The fourth-order valence-electron chi connectivity index (χ4n) is 9.01. The molecule has 0 aromatic rings. The molecular formula is C51H82O4. The average Bonchev–Trinajstić information content (AvgIpc) is 3.83. The third kappa shape index (κ3) is 13.8. The highest BCUT2D eigenvalue weighted by atomic mass is 16.7. The highest BCUT2D eigenvalue weighted by Crippen LogP contribution is 2.65. The van der Waals surface area contributed by atoms with Crippen LogP contribution in [0.3, 0.4) is 0 Å². The number of fused-ring (bicyclic) bond motifs is 5. The number of rotatable bonds is 4. The summed E-state index contributed by atoms with van der Waals surface area (Å²) in [7, 11) is 0. The molecule has 0 aromatic carbocycles. The highest BCUT2D eigenvalue weighted by molar-refractivity contribution is 5.48. The topological polar surface area (TPSA) is 74.6 Å². The predicted molar refractivity (Wildman–Crippen MR) is 261 cm³/mol. The van der Waals surface area contributed by atoms with Crippen molar-refractivity contribution < 1.29 is 38.7 Å². The molecule has 8 atom stereocenters. The second-order valence-corrected chi connectivity index (χ2v) is 14.5. The van der Waals surface area contributed by atoms with Crippen molar-refractivity contribution in [3.63, 3.8) is 0 Å². The van der Waals surface area contributed by atoms with Gasteiger partial charge in [0.25, 0.3) is 0 Å². The first-order valence-electron chi connectivity index (χ1n) is 18.5. The van der Waals surface area contributed by atoms with Crippen molar-refractivity contribution in [2.75, 3.05) is 0 Å². The van der Waals surface area contributed by atoms with E-state index < -0.39 is 0 Å². The van der Waals surface area contributed by atoms with Gasteiger partial charge in [-0.05, 0) is 213 Å². The van der Waals surface area contributed by atoms with Gasteiger partial charge in [-0.1, -0.05) is 25.5 Å².